The van der Waals surface area contributed by atoms with Crippen molar-refractivity contribution in [3.05, 3.63) is 52.0 Å². The Morgan fingerprint density at radius 3 is 2.43 bits per heavy atom. The van der Waals surface area contributed by atoms with Crippen LogP contribution in [-0.4, -0.2) is 0 Å². The van der Waals surface area contributed by atoms with E-state index in [0.29, 0.717) is 0 Å². The van der Waals surface area contributed by atoms with Crippen LogP contribution in [0.3, 0.4) is 0 Å². The molecule has 1 aliphatic carbocycles. The maximum atomic E-state index is 3.66. The Morgan fingerprint density at radius 1 is 0.952 bits per heavy atom. The molecule has 0 fully saturated rings. The second-order valence-corrected chi connectivity index (χ2v) is 7.67. The largest absolute Gasteiger partial charge is 1.00 e. The standard InChI is InChI=1S/C15H8BrS.3ClH.Zr/c16-10-5-6-11-9(7-10)8-13-12-3-1-2-4-14(12)17-15(11)13;;;;/h1-6H,8H2;3*1H;/q;;;;+3/p-3. The fourth-order valence-electron chi connectivity index (χ4n) is 2.68. The minimum absolute atomic E-state index is 0. The van der Waals surface area contributed by atoms with Crippen molar-refractivity contribution in [2.75, 3.05) is 0 Å². The number of hydrogen-bond acceptors (Lipinski definition) is 1. The molecule has 3 aromatic rings. The SMILES string of the molecule is Brc1ccc2c([c]1[Zr+3])Cc1c-2sc2ccccc12.[Cl-].[Cl-].[Cl-]. The van der Waals surface area contributed by atoms with E-state index < -0.39 is 0 Å². The Bertz CT molecular complexity index is 801. The van der Waals surface area contributed by atoms with E-state index in [1.54, 1.807) is 0 Å². The number of hydrogen-bond donors (Lipinski definition) is 0. The summed E-state index contributed by atoms with van der Waals surface area (Å²) >= 11 is 7.09. The topological polar surface area (TPSA) is 0 Å². The maximum Gasteiger partial charge on any atom is -1.00 e. The molecule has 0 amide bonds. The van der Waals surface area contributed by atoms with Crippen molar-refractivity contribution in [3.63, 3.8) is 0 Å². The van der Waals surface area contributed by atoms with Crippen molar-refractivity contribution >= 4 is 40.6 Å². The van der Waals surface area contributed by atoms with Crippen LogP contribution in [0.2, 0.25) is 0 Å². The zero-order valence-electron chi connectivity index (χ0n) is 10.6. The molecule has 1 heterocycles. The van der Waals surface area contributed by atoms with Crippen LogP contribution < -0.4 is 40.5 Å². The molecule has 1 aliphatic rings. The first kappa shape index (κ1) is 19.7. The number of rotatable bonds is 0. The predicted octanol–water partition coefficient (Wildman–Crippen LogP) is -4.58. The van der Waals surface area contributed by atoms with Crippen LogP contribution in [-0.2, 0) is 31.1 Å². The van der Waals surface area contributed by atoms with Gasteiger partial charge >= 0.3 is 134 Å². The summed E-state index contributed by atoms with van der Waals surface area (Å²) in [5.74, 6) is 0. The molecule has 106 valence electrons. The smallest absolute Gasteiger partial charge is 1.00 e. The van der Waals surface area contributed by atoms with E-state index in [-0.39, 0.29) is 37.2 Å². The van der Waals surface area contributed by atoms with Gasteiger partial charge in [-0.05, 0) is 0 Å². The van der Waals surface area contributed by atoms with Gasteiger partial charge in [0, 0.05) is 0 Å². The molecule has 21 heavy (non-hydrogen) atoms. The summed E-state index contributed by atoms with van der Waals surface area (Å²) in [5.41, 5.74) is 4.53. The van der Waals surface area contributed by atoms with E-state index in [1.807, 2.05) is 11.3 Å². The average Bonchev–Trinajstić information content (AvgIpc) is 2.90. The summed E-state index contributed by atoms with van der Waals surface area (Å²) in [4.78, 5) is 1.49. The Morgan fingerprint density at radius 2 is 1.67 bits per heavy atom. The van der Waals surface area contributed by atoms with Gasteiger partial charge in [0.2, 0.25) is 0 Å². The van der Waals surface area contributed by atoms with Crippen molar-refractivity contribution in [3.8, 4) is 10.4 Å². The van der Waals surface area contributed by atoms with Gasteiger partial charge in [0.05, 0.1) is 0 Å². The van der Waals surface area contributed by atoms with Gasteiger partial charge < -0.3 is 37.2 Å². The maximum absolute atomic E-state index is 3.66. The van der Waals surface area contributed by atoms with E-state index in [9.17, 15) is 0 Å². The first-order valence-corrected chi connectivity index (χ1v) is 8.63. The number of thiophene rings is 1. The van der Waals surface area contributed by atoms with Gasteiger partial charge in [0.1, 0.15) is 0 Å². The summed E-state index contributed by atoms with van der Waals surface area (Å²) in [7, 11) is 0. The Balaban J connectivity index is 0.000000735. The van der Waals surface area contributed by atoms with Crippen LogP contribution in [0.1, 0.15) is 11.1 Å². The van der Waals surface area contributed by atoms with Crippen LogP contribution >= 0.6 is 27.3 Å². The number of benzene rings is 2. The van der Waals surface area contributed by atoms with Gasteiger partial charge in [-0.15, -0.1) is 0 Å². The van der Waals surface area contributed by atoms with Crippen molar-refractivity contribution in [1.29, 1.82) is 0 Å². The third-order valence-corrected chi connectivity index (χ3v) is 7.77. The molecular weight excluding hydrogens is 490 g/mol. The summed E-state index contributed by atoms with van der Waals surface area (Å²) < 4.78 is 4.16. The quantitative estimate of drug-likeness (QED) is 0.230. The van der Waals surface area contributed by atoms with Crippen molar-refractivity contribution < 1.29 is 61.9 Å². The zero-order valence-corrected chi connectivity index (χ0v) is 17.7. The van der Waals surface area contributed by atoms with Gasteiger partial charge in [-0.2, -0.15) is 0 Å². The van der Waals surface area contributed by atoms with E-state index in [2.05, 4.69) is 52.3 Å². The number of fused-ring (bicyclic) bond motifs is 5. The molecule has 6 heteroatoms. The van der Waals surface area contributed by atoms with Crippen molar-refractivity contribution in [1.82, 2.24) is 0 Å². The monoisotopic (exact) mass is 494 g/mol. The van der Waals surface area contributed by atoms with Crippen molar-refractivity contribution in [2.24, 2.45) is 0 Å². The second-order valence-electron chi connectivity index (χ2n) is 4.53. The Kier molecular flexibility index (Phi) is 7.00. The molecule has 0 radical (unpaired) electrons. The van der Waals surface area contributed by atoms with Crippen LogP contribution in [0, 0.1) is 0 Å². The van der Waals surface area contributed by atoms with E-state index in [1.165, 1.54) is 64.1 Å². The molecule has 0 bridgehead atoms. The van der Waals surface area contributed by atoms with Crippen LogP contribution in [0.25, 0.3) is 20.5 Å². The summed E-state index contributed by atoms with van der Waals surface area (Å²) in [6.07, 6.45) is 1.11. The fraction of sp³-hybridized carbons (Fsp3) is 0.0667. The average molecular weight is 498 g/mol. The third-order valence-electron chi connectivity index (χ3n) is 3.56. The molecule has 0 atom stereocenters. The summed E-state index contributed by atoms with van der Waals surface area (Å²) in [5, 5.41) is 1.44. The molecule has 0 N–H and O–H groups in total. The van der Waals surface area contributed by atoms with Crippen LogP contribution in [0.15, 0.2) is 40.9 Å². The second kappa shape index (κ2) is 7.47. The zero-order chi connectivity index (χ0) is 12.3. The molecular formula is C15H8BrCl3SZr. The summed E-state index contributed by atoms with van der Waals surface area (Å²) in [6, 6.07) is 13.2. The molecule has 4 rings (SSSR count). The predicted molar refractivity (Wildman–Crippen MR) is 77.4 cm³/mol. The molecule has 0 saturated heterocycles. The molecule has 0 aliphatic heterocycles. The Labute approximate surface area is 169 Å². The van der Waals surface area contributed by atoms with Crippen LogP contribution in [0.4, 0.5) is 0 Å². The molecule has 2 aromatic carbocycles. The summed E-state index contributed by atoms with van der Waals surface area (Å²) in [6.45, 7) is 0. The minimum Gasteiger partial charge on any atom is -1.00 e. The van der Waals surface area contributed by atoms with Crippen LogP contribution in [0.5, 0.6) is 0 Å². The third kappa shape index (κ3) is 3.03. The molecule has 0 nitrogen and oxygen atoms in total. The van der Waals surface area contributed by atoms with Gasteiger partial charge in [-0.3, -0.25) is 0 Å². The van der Waals surface area contributed by atoms with E-state index >= 15 is 0 Å². The van der Waals surface area contributed by atoms with Gasteiger partial charge in [-0.1, -0.05) is 0 Å². The minimum atomic E-state index is 0. The Hall–Kier alpha value is 0.633. The van der Waals surface area contributed by atoms with Crippen molar-refractivity contribution in [2.45, 2.75) is 6.42 Å². The molecule has 0 saturated carbocycles. The first-order chi connectivity index (χ1) is 8.75. The molecule has 0 spiro atoms. The van der Waals surface area contributed by atoms with Gasteiger partial charge in [0.25, 0.3) is 0 Å². The van der Waals surface area contributed by atoms with E-state index in [0.717, 1.165) is 6.42 Å². The van der Waals surface area contributed by atoms with E-state index in [4.69, 9.17) is 0 Å². The molecule has 0 unspecified atom stereocenters. The fourth-order valence-corrected chi connectivity index (χ4v) is 5.08. The normalized spacial score (nSPS) is 11.0. The number of halogens is 4. The van der Waals surface area contributed by atoms with Gasteiger partial charge in [0.15, 0.2) is 0 Å². The molecule has 1 aromatic heterocycles. The first-order valence-electron chi connectivity index (χ1n) is 5.79. The van der Waals surface area contributed by atoms with Gasteiger partial charge in [-0.25, -0.2) is 0 Å².